The lowest BCUT2D eigenvalue weighted by Gasteiger charge is -2.10. The van der Waals surface area contributed by atoms with Gasteiger partial charge in [-0.15, -0.1) is 0 Å². The van der Waals surface area contributed by atoms with E-state index in [4.69, 9.17) is 10.2 Å². The van der Waals surface area contributed by atoms with E-state index in [0.717, 1.165) is 19.3 Å². The van der Waals surface area contributed by atoms with E-state index in [2.05, 4.69) is 6.92 Å². The van der Waals surface area contributed by atoms with E-state index in [1.165, 1.54) is 37.1 Å². The predicted octanol–water partition coefficient (Wildman–Crippen LogP) is 5.75. The molecule has 0 aromatic carbocycles. The second-order valence-corrected chi connectivity index (χ2v) is 7.61. The highest BCUT2D eigenvalue weighted by Crippen LogP contribution is 2.26. The van der Waals surface area contributed by atoms with Gasteiger partial charge in [-0.25, -0.2) is 4.79 Å². The first-order chi connectivity index (χ1) is 13.8. The van der Waals surface area contributed by atoms with E-state index < -0.39 is 11.4 Å². The number of carbonyl (C=O) groups excluding carboxylic acids is 1. The van der Waals surface area contributed by atoms with Crippen molar-refractivity contribution in [2.45, 2.75) is 78.6 Å². The third-order valence-corrected chi connectivity index (χ3v) is 4.97. The second-order valence-electron chi connectivity index (χ2n) is 7.61. The first-order valence-corrected chi connectivity index (χ1v) is 10.4. The van der Waals surface area contributed by atoms with Crippen molar-refractivity contribution in [1.82, 2.24) is 0 Å². The van der Waals surface area contributed by atoms with Gasteiger partial charge in [0.1, 0.15) is 17.1 Å². The Morgan fingerprint density at radius 2 is 1.97 bits per heavy atom. The molecule has 1 atom stereocenters. The highest BCUT2D eigenvalue weighted by molar-refractivity contribution is 6.09. The Morgan fingerprint density at radius 1 is 1.24 bits per heavy atom. The fourth-order valence-electron chi connectivity index (χ4n) is 2.99. The van der Waals surface area contributed by atoms with Gasteiger partial charge in [0.2, 0.25) is 0 Å². The SMILES string of the molecule is CCCCCC/C(C)=C/C=C(\C)C(=O)c1c(O)cc(C(C)CC/C=C/N)oc1=O. The van der Waals surface area contributed by atoms with Crippen molar-refractivity contribution in [3.05, 3.63) is 63.4 Å². The Morgan fingerprint density at radius 3 is 2.59 bits per heavy atom. The highest BCUT2D eigenvalue weighted by atomic mass is 16.4. The van der Waals surface area contributed by atoms with Crippen LogP contribution in [0.2, 0.25) is 0 Å². The van der Waals surface area contributed by atoms with Crippen LogP contribution in [0.1, 0.15) is 94.7 Å². The monoisotopic (exact) mass is 401 g/mol. The van der Waals surface area contributed by atoms with Gasteiger partial charge >= 0.3 is 5.63 Å². The number of carbonyl (C=O) groups is 1. The molecule has 0 spiro atoms. The number of rotatable bonds is 12. The minimum atomic E-state index is -0.806. The molecule has 1 aromatic rings. The second kappa shape index (κ2) is 12.8. The average Bonchev–Trinajstić information content (AvgIpc) is 2.68. The number of nitrogens with two attached hydrogens (primary N) is 1. The maximum atomic E-state index is 12.6. The van der Waals surface area contributed by atoms with E-state index in [-0.39, 0.29) is 17.2 Å². The Kier molecular flexibility index (Phi) is 10.8. The van der Waals surface area contributed by atoms with Gasteiger partial charge in [-0.2, -0.15) is 0 Å². The van der Waals surface area contributed by atoms with Crippen LogP contribution < -0.4 is 11.4 Å². The molecular weight excluding hydrogens is 366 g/mol. The zero-order valence-electron chi connectivity index (χ0n) is 18.2. The van der Waals surface area contributed by atoms with E-state index in [0.29, 0.717) is 17.8 Å². The molecule has 0 aliphatic heterocycles. The number of unbranched alkanes of at least 4 members (excludes halogenated alkanes) is 3. The van der Waals surface area contributed by atoms with Crippen molar-refractivity contribution in [3.63, 3.8) is 0 Å². The molecule has 0 saturated heterocycles. The molecule has 0 fully saturated rings. The average molecular weight is 402 g/mol. The van der Waals surface area contributed by atoms with Crippen molar-refractivity contribution in [2.75, 3.05) is 0 Å². The fourth-order valence-corrected chi connectivity index (χ4v) is 2.99. The van der Waals surface area contributed by atoms with Gasteiger partial charge in [-0.1, -0.05) is 56.9 Å². The van der Waals surface area contributed by atoms with Crippen molar-refractivity contribution in [1.29, 1.82) is 0 Å². The Bertz CT molecular complexity index is 815. The molecule has 0 aliphatic carbocycles. The highest BCUT2D eigenvalue weighted by Gasteiger charge is 2.21. The first kappa shape index (κ1) is 24.5. The largest absolute Gasteiger partial charge is 0.507 e. The zero-order valence-corrected chi connectivity index (χ0v) is 18.2. The summed E-state index contributed by atoms with van der Waals surface area (Å²) in [5, 5.41) is 10.3. The fraction of sp³-hybridized carbons (Fsp3) is 0.500. The van der Waals surface area contributed by atoms with Gasteiger partial charge in [-0.05, 0) is 51.3 Å². The molecular formula is C24H35NO4. The molecule has 0 saturated carbocycles. The van der Waals surface area contributed by atoms with Gasteiger partial charge in [0.05, 0.1) is 0 Å². The van der Waals surface area contributed by atoms with E-state index >= 15 is 0 Å². The molecule has 0 aliphatic rings. The maximum Gasteiger partial charge on any atom is 0.351 e. The minimum absolute atomic E-state index is 0.0797. The normalized spacial score (nSPS) is 13.8. The van der Waals surface area contributed by atoms with Crippen molar-refractivity contribution in [3.8, 4) is 5.75 Å². The number of aromatic hydroxyl groups is 1. The van der Waals surface area contributed by atoms with E-state index in [1.807, 2.05) is 26.0 Å². The standard InChI is InChI=1S/C24H35NO4/c1-5-6-7-8-11-17(2)13-14-19(4)23(27)22-20(26)16-21(29-24(22)28)18(3)12-9-10-15-25/h10,13-16,18,26H,5-9,11-12,25H2,1-4H3/b15-10+,17-13+,19-14+. The van der Waals surface area contributed by atoms with Crippen LogP contribution in [0.25, 0.3) is 0 Å². The topological polar surface area (TPSA) is 93.5 Å². The quantitative estimate of drug-likeness (QED) is 0.201. The van der Waals surface area contributed by atoms with Gasteiger partial charge in [0.15, 0.2) is 5.78 Å². The molecule has 0 bridgehead atoms. The van der Waals surface area contributed by atoms with Crippen LogP contribution in [0.4, 0.5) is 0 Å². The van der Waals surface area contributed by atoms with E-state index in [1.54, 1.807) is 13.0 Å². The number of allylic oxidation sites excluding steroid dienone is 5. The van der Waals surface area contributed by atoms with Crippen molar-refractivity contribution < 1.29 is 14.3 Å². The maximum absolute atomic E-state index is 12.6. The third-order valence-electron chi connectivity index (χ3n) is 4.97. The summed E-state index contributed by atoms with van der Waals surface area (Å²) in [4.78, 5) is 25.0. The molecule has 1 unspecified atom stereocenters. The lowest BCUT2D eigenvalue weighted by Crippen LogP contribution is -2.16. The van der Waals surface area contributed by atoms with Gasteiger partial charge < -0.3 is 15.3 Å². The van der Waals surface area contributed by atoms with Gasteiger partial charge in [0, 0.05) is 12.0 Å². The number of hydrogen-bond donors (Lipinski definition) is 2. The first-order valence-electron chi connectivity index (χ1n) is 10.4. The summed E-state index contributed by atoms with van der Waals surface area (Å²) in [5.74, 6) is -0.574. The molecule has 0 radical (unpaired) electrons. The predicted molar refractivity (Wildman–Crippen MR) is 118 cm³/mol. The summed E-state index contributed by atoms with van der Waals surface area (Å²) in [6.45, 7) is 7.74. The van der Waals surface area contributed by atoms with Gasteiger partial charge in [-0.3, -0.25) is 4.79 Å². The summed E-state index contributed by atoms with van der Waals surface area (Å²) in [7, 11) is 0. The number of Topliss-reactive ketones (excluding diaryl/α,β-unsaturated/α-hetero) is 1. The zero-order chi connectivity index (χ0) is 21.8. The van der Waals surface area contributed by atoms with Crippen LogP contribution in [0, 0.1) is 0 Å². The minimum Gasteiger partial charge on any atom is -0.507 e. The number of hydrogen-bond acceptors (Lipinski definition) is 5. The Labute approximate surface area is 174 Å². The molecule has 1 aromatic heterocycles. The Balaban J connectivity index is 2.91. The van der Waals surface area contributed by atoms with Crippen LogP contribution in [0.5, 0.6) is 5.75 Å². The molecule has 0 amide bonds. The summed E-state index contributed by atoms with van der Waals surface area (Å²) >= 11 is 0. The van der Waals surface area contributed by atoms with Crippen molar-refractivity contribution in [2.24, 2.45) is 5.73 Å². The molecule has 1 rings (SSSR count). The molecule has 3 N–H and O–H groups in total. The van der Waals surface area contributed by atoms with E-state index in [9.17, 15) is 14.7 Å². The summed E-state index contributed by atoms with van der Waals surface area (Å²) in [5.41, 5.74) is 5.77. The summed E-state index contributed by atoms with van der Waals surface area (Å²) in [6.07, 6.45) is 14.1. The van der Waals surface area contributed by atoms with Crippen LogP contribution in [0.15, 0.2) is 50.9 Å². The van der Waals surface area contributed by atoms with Crippen LogP contribution in [-0.2, 0) is 0 Å². The molecule has 1 heterocycles. The van der Waals surface area contributed by atoms with Gasteiger partial charge in [0.25, 0.3) is 0 Å². The van der Waals surface area contributed by atoms with Crippen molar-refractivity contribution >= 4 is 5.78 Å². The Hall–Kier alpha value is -2.56. The summed E-state index contributed by atoms with van der Waals surface area (Å²) < 4.78 is 5.32. The molecule has 29 heavy (non-hydrogen) atoms. The lowest BCUT2D eigenvalue weighted by molar-refractivity contribution is 0.102. The molecule has 5 nitrogen and oxygen atoms in total. The van der Waals surface area contributed by atoms with Crippen LogP contribution in [0.3, 0.4) is 0 Å². The lowest BCUT2D eigenvalue weighted by atomic mass is 9.99. The van der Waals surface area contributed by atoms with Crippen LogP contribution >= 0.6 is 0 Å². The molecule has 160 valence electrons. The number of ketones is 1. The molecule has 5 heteroatoms. The summed E-state index contributed by atoms with van der Waals surface area (Å²) in [6, 6.07) is 1.37. The smallest absolute Gasteiger partial charge is 0.351 e. The van der Waals surface area contributed by atoms with Crippen LogP contribution in [-0.4, -0.2) is 10.9 Å². The third kappa shape index (κ3) is 8.14.